The lowest BCUT2D eigenvalue weighted by atomic mass is 10.3. The molecule has 106 valence electrons. The third kappa shape index (κ3) is 6.17. The lowest BCUT2D eigenvalue weighted by Crippen LogP contribution is -2.35. The van der Waals surface area contributed by atoms with Crippen molar-refractivity contribution in [3.8, 4) is 11.8 Å². The minimum absolute atomic E-state index is 0.128. The summed E-state index contributed by atoms with van der Waals surface area (Å²) in [4.78, 5) is 8.04. The lowest BCUT2D eigenvalue weighted by Gasteiger charge is -2.15. The third-order valence-corrected chi connectivity index (χ3v) is 2.15. The standard InChI is InChI=1S/C13H21N3O3/c1-4-7-18-12-13(15-6-5-14-12)19-9-11(17)8-16-10(2)3/h4-6,10-11,16-17H,1,7-9H2,2-3H3. The first-order valence-electron chi connectivity index (χ1n) is 6.22. The second kappa shape index (κ2) is 8.44. The smallest absolute Gasteiger partial charge is 0.278 e. The molecule has 0 amide bonds. The summed E-state index contributed by atoms with van der Waals surface area (Å²) in [7, 11) is 0. The maximum Gasteiger partial charge on any atom is 0.278 e. The van der Waals surface area contributed by atoms with Gasteiger partial charge in [0.2, 0.25) is 0 Å². The molecule has 0 radical (unpaired) electrons. The molecule has 6 heteroatoms. The van der Waals surface area contributed by atoms with E-state index in [9.17, 15) is 5.11 Å². The van der Waals surface area contributed by atoms with Gasteiger partial charge in [-0.1, -0.05) is 26.5 Å². The van der Waals surface area contributed by atoms with Crippen molar-refractivity contribution in [1.29, 1.82) is 0 Å². The normalized spacial score (nSPS) is 12.2. The Morgan fingerprint density at radius 2 is 1.95 bits per heavy atom. The van der Waals surface area contributed by atoms with Crippen molar-refractivity contribution in [2.24, 2.45) is 0 Å². The molecule has 0 saturated carbocycles. The minimum Gasteiger partial charge on any atom is -0.471 e. The van der Waals surface area contributed by atoms with Crippen molar-refractivity contribution in [1.82, 2.24) is 15.3 Å². The van der Waals surface area contributed by atoms with Gasteiger partial charge in [0, 0.05) is 25.0 Å². The largest absolute Gasteiger partial charge is 0.471 e. The van der Waals surface area contributed by atoms with Gasteiger partial charge in [0.25, 0.3) is 11.8 Å². The van der Waals surface area contributed by atoms with Crippen LogP contribution in [0.2, 0.25) is 0 Å². The lowest BCUT2D eigenvalue weighted by molar-refractivity contribution is 0.0992. The molecule has 0 aromatic carbocycles. The van der Waals surface area contributed by atoms with Gasteiger partial charge in [0.1, 0.15) is 19.3 Å². The summed E-state index contributed by atoms with van der Waals surface area (Å²) in [6.07, 6.45) is 4.02. The second-order valence-electron chi connectivity index (χ2n) is 4.29. The molecule has 0 saturated heterocycles. The van der Waals surface area contributed by atoms with Gasteiger partial charge in [0.15, 0.2) is 0 Å². The molecular formula is C13H21N3O3. The van der Waals surface area contributed by atoms with Crippen molar-refractivity contribution in [2.75, 3.05) is 19.8 Å². The van der Waals surface area contributed by atoms with Crippen LogP contribution in [0.15, 0.2) is 25.0 Å². The van der Waals surface area contributed by atoms with Gasteiger partial charge in [0.05, 0.1) is 0 Å². The van der Waals surface area contributed by atoms with Gasteiger partial charge in [-0.3, -0.25) is 0 Å². The molecule has 0 spiro atoms. The van der Waals surface area contributed by atoms with Crippen molar-refractivity contribution in [3.05, 3.63) is 25.0 Å². The summed E-state index contributed by atoms with van der Waals surface area (Å²) < 4.78 is 10.7. The van der Waals surface area contributed by atoms with E-state index in [1.165, 1.54) is 12.4 Å². The zero-order valence-corrected chi connectivity index (χ0v) is 11.4. The van der Waals surface area contributed by atoms with E-state index < -0.39 is 6.10 Å². The average Bonchev–Trinajstić information content (AvgIpc) is 2.41. The van der Waals surface area contributed by atoms with Gasteiger partial charge in [-0.15, -0.1) is 0 Å². The molecule has 1 rings (SSSR count). The van der Waals surface area contributed by atoms with E-state index in [1.807, 2.05) is 13.8 Å². The Morgan fingerprint density at radius 1 is 1.32 bits per heavy atom. The Balaban J connectivity index is 2.45. The van der Waals surface area contributed by atoms with Crippen LogP contribution >= 0.6 is 0 Å². The van der Waals surface area contributed by atoms with Crippen LogP contribution in [0.3, 0.4) is 0 Å². The van der Waals surface area contributed by atoms with Crippen molar-refractivity contribution >= 4 is 0 Å². The number of hydrogen-bond donors (Lipinski definition) is 2. The summed E-state index contributed by atoms with van der Waals surface area (Å²) in [5, 5.41) is 12.9. The van der Waals surface area contributed by atoms with Gasteiger partial charge in [-0.2, -0.15) is 0 Å². The predicted molar refractivity (Wildman–Crippen MR) is 72.4 cm³/mol. The van der Waals surface area contributed by atoms with E-state index in [-0.39, 0.29) is 12.5 Å². The summed E-state index contributed by atoms with van der Waals surface area (Å²) >= 11 is 0. The van der Waals surface area contributed by atoms with Crippen molar-refractivity contribution in [2.45, 2.75) is 26.0 Å². The quantitative estimate of drug-likeness (QED) is 0.644. The molecule has 0 bridgehead atoms. The monoisotopic (exact) mass is 267 g/mol. The fourth-order valence-electron chi connectivity index (χ4n) is 1.25. The van der Waals surface area contributed by atoms with E-state index in [0.717, 1.165) is 0 Å². The van der Waals surface area contributed by atoms with Crippen LogP contribution in [-0.2, 0) is 0 Å². The first kappa shape index (κ1) is 15.4. The van der Waals surface area contributed by atoms with Gasteiger partial charge < -0.3 is 19.9 Å². The second-order valence-corrected chi connectivity index (χ2v) is 4.29. The number of aliphatic hydroxyl groups excluding tert-OH is 1. The van der Waals surface area contributed by atoms with Crippen molar-refractivity contribution in [3.63, 3.8) is 0 Å². The van der Waals surface area contributed by atoms with E-state index in [1.54, 1.807) is 6.08 Å². The molecule has 1 heterocycles. The van der Waals surface area contributed by atoms with Crippen LogP contribution < -0.4 is 14.8 Å². The Hall–Kier alpha value is -1.66. The highest BCUT2D eigenvalue weighted by Crippen LogP contribution is 2.20. The summed E-state index contributed by atoms with van der Waals surface area (Å²) in [6, 6.07) is 0.317. The maximum absolute atomic E-state index is 9.73. The van der Waals surface area contributed by atoms with Crippen LogP contribution in [0, 0.1) is 0 Å². The molecule has 0 aliphatic heterocycles. The Morgan fingerprint density at radius 3 is 2.53 bits per heavy atom. The third-order valence-electron chi connectivity index (χ3n) is 2.15. The number of nitrogens with one attached hydrogen (secondary N) is 1. The van der Waals surface area contributed by atoms with E-state index in [0.29, 0.717) is 25.1 Å². The van der Waals surface area contributed by atoms with Gasteiger partial charge in [-0.25, -0.2) is 9.97 Å². The SMILES string of the molecule is C=CCOc1nccnc1OCC(O)CNC(C)C. The molecule has 0 aliphatic rings. The molecule has 1 unspecified atom stereocenters. The van der Waals surface area contributed by atoms with Crippen LogP contribution in [0.1, 0.15) is 13.8 Å². The van der Waals surface area contributed by atoms with Crippen LogP contribution in [0.5, 0.6) is 11.8 Å². The zero-order valence-electron chi connectivity index (χ0n) is 11.4. The fraction of sp³-hybridized carbons (Fsp3) is 0.538. The molecule has 0 aliphatic carbocycles. The van der Waals surface area contributed by atoms with Gasteiger partial charge in [-0.05, 0) is 0 Å². The van der Waals surface area contributed by atoms with E-state index in [4.69, 9.17) is 9.47 Å². The number of aromatic nitrogens is 2. The first-order chi connectivity index (χ1) is 9.13. The average molecular weight is 267 g/mol. The molecule has 2 N–H and O–H groups in total. The highest BCUT2D eigenvalue weighted by molar-refractivity contribution is 5.24. The first-order valence-corrected chi connectivity index (χ1v) is 6.22. The van der Waals surface area contributed by atoms with Crippen LogP contribution in [0.4, 0.5) is 0 Å². The number of rotatable bonds is 9. The topological polar surface area (TPSA) is 76.5 Å². The predicted octanol–water partition coefficient (Wildman–Crippen LogP) is 0.779. The van der Waals surface area contributed by atoms with Crippen molar-refractivity contribution < 1.29 is 14.6 Å². The molecular weight excluding hydrogens is 246 g/mol. The molecule has 19 heavy (non-hydrogen) atoms. The molecule has 1 atom stereocenters. The minimum atomic E-state index is -0.614. The number of ether oxygens (including phenoxy) is 2. The fourth-order valence-corrected chi connectivity index (χ4v) is 1.25. The van der Waals surface area contributed by atoms with Gasteiger partial charge >= 0.3 is 0 Å². The summed E-state index contributed by atoms with van der Waals surface area (Å²) in [6.45, 7) is 8.49. The molecule has 1 aromatic rings. The number of hydrogen-bond acceptors (Lipinski definition) is 6. The highest BCUT2D eigenvalue weighted by atomic mass is 16.5. The summed E-state index contributed by atoms with van der Waals surface area (Å²) in [5.41, 5.74) is 0. The van der Waals surface area contributed by atoms with Crippen LogP contribution in [0.25, 0.3) is 0 Å². The number of nitrogens with zero attached hydrogens (tertiary/aromatic N) is 2. The number of aliphatic hydroxyl groups is 1. The Labute approximate surface area is 113 Å². The molecule has 0 fully saturated rings. The Bertz CT molecular complexity index is 385. The summed E-state index contributed by atoms with van der Waals surface area (Å²) in [5.74, 6) is 0.569. The molecule has 6 nitrogen and oxygen atoms in total. The van der Waals surface area contributed by atoms with E-state index >= 15 is 0 Å². The zero-order chi connectivity index (χ0) is 14.1. The molecule has 1 aromatic heterocycles. The van der Waals surface area contributed by atoms with Crippen LogP contribution in [-0.4, -0.2) is 47.0 Å². The highest BCUT2D eigenvalue weighted by Gasteiger charge is 2.11. The van der Waals surface area contributed by atoms with E-state index in [2.05, 4.69) is 21.9 Å². The maximum atomic E-state index is 9.73. The Kier molecular flexibility index (Phi) is 6.84.